The van der Waals surface area contributed by atoms with Crippen molar-refractivity contribution in [1.82, 2.24) is 0 Å². The highest BCUT2D eigenvalue weighted by molar-refractivity contribution is 5.67. The van der Waals surface area contributed by atoms with E-state index in [1.807, 2.05) is 13.8 Å². The topological polar surface area (TPSA) is 46.5 Å². The molecule has 0 rings (SSSR count). The summed E-state index contributed by atoms with van der Waals surface area (Å²) in [5.41, 5.74) is -0.263. The third-order valence-corrected chi connectivity index (χ3v) is 1.57. The Morgan fingerprint density at radius 3 is 2.38 bits per heavy atom. The smallest absolute Gasteiger partial charge is 0.303 e. The standard InChI is InChI=1S/C10H20O3/c1-8(2)6-13-7-10(3,4)5-9(11)12/h8H,5-7H2,1-4H3,(H,11,12). The highest BCUT2D eigenvalue weighted by Gasteiger charge is 2.21. The van der Waals surface area contributed by atoms with Crippen molar-refractivity contribution >= 4 is 5.97 Å². The number of hydrogen-bond acceptors (Lipinski definition) is 2. The Hall–Kier alpha value is -0.570. The van der Waals surface area contributed by atoms with Gasteiger partial charge in [-0.2, -0.15) is 0 Å². The molecule has 0 unspecified atom stereocenters. The second-order valence-corrected chi connectivity index (χ2v) is 4.64. The summed E-state index contributed by atoms with van der Waals surface area (Å²) < 4.78 is 5.40. The van der Waals surface area contributed by atoms with Crippen molar-refractivity contribution < 1.29 is 14.6 Å². The van der Waals surface area contributed by atoms with Crippen molar-refractivity contribution in [3.63, 3.8) is 0 Å². The predicted molar refractivity (Wildman–Crippen MR) is 51.7 cm³/mol. The second-order valence-electron chi connectivity index (χ2n) is 4.64. The Morgan fingerprint density at radius 1 is 1.46 bits per heavy atom. The molecule has 78 valence electrons. The van der Waals surface area contributed by atoms with Crippen LogP contribution in [0.2, 0.25) is 0 Å². The molecule has 13 heavy (non-hydrogen) atoms. The molecule has 0 saturated carbocycles. The normalized spacial score (nSPS) is 12.1. The van der Waals surface area contributed by atoms with Crippen LogP contribution in [-0.4, -0.2) is 24.3 Å². The van der Waals surface area contributed by atoms with Gasteiger partial charge in [-0.15, -0.1) is 0 Å². The molecule has 0 saturated heterocycles. The van der Waals surface area contributed by atoms with E-state index < -0.39 is 5.97 Å². The van der Waals surface area contributed by atoms with Crippen molar-refractivity contribution in [3.8, 4) is 0 Å². The summed E-state index contributed by atoms with van der Waals surface area (Å²) in [6.07, 6.45) is 0.158. The van der Waals surface area contributed by atoms with Crippen LogP contribution in [0.3, 0.4) is 0 Å². The van der Waals surface area contributed by atoms with Crippen LogP contribution in [0.15, 0.2) is 0 Å². The first-order chi connectivity index (χ1) is 5.83. The van der Waals surface area contributed by atoms with Crippen molar-refractivity contribution in [1.29, 1.82) is 0 Å². The lowest BCUT2D eigenvalue weighted by Gasteiger charge is -2.22. The van der Waals surface area contributed by atoms with E-state index in [1.165, 1.54) is 0 Å². The third kappa shape index (κ3) is 7.78. The van der Waals surface area contributed by atoms with Crippen LogP contribution >= 0.6 is 0 Å². The highest BCUT2D eigenvalue weighted by Crippen LogP contribution is 2.20. The minimum Gasteiger partial charge on any atom is -0.481 e. The quantitative estimate of drug-likeness (QED) is 0.694. The van der Waals surface area contributed by atoms with Crippen molar-refractivity contribution in [2.24, 2.45) is 11.3 Å². The lowest BCUT2D eigenvalue weighted by atomic mass is 9.91. The number of hydrogen-bond donors (Lipinski definition) is 1. The van der Waals surface area contributed by atoms with Crippen LogP contribution in [-0.2, 0) is 9.53 Å². The van der Waals surface area contributed by atoms with E-state index in [9.17, 15) is 4.79 Å². The molecular formula is C10H20O3. The number of rotatable bonds is 6. The van der Waals surface area contributed by atoms with E-state index in [0.717, 1.165) is 0 Å². The summed E-state index contributed by atoms with van der Waals surface area (Å²) in [5, 5.41) is 8.60. The summed E-state index contributed by atoms with van der Waals surface area (Å²) in [6, 6.07) is 0. The van der Waals surface area contributed by atoms with Crippen molar-refractivity contribution in [3.05, 3.63) is 0 Å². The van der Waals surface area contributed by atoms with E-state index >= 15 is 0 Å². The fourth-order valence-corrected chi connectivity index (χ4v) is 1.03. The molecule has 0 aliphatic heterocycles. The van der Waals surface area contributed by atoms with E-state index in [2.05, 4.69) is 13.8 Å². The van der Waals surface area contributed by atoms with Crippen LogP contribution in [0.25, 0.3) is 0 Å². The molecule has 0 aromatic heterocycles. The summed E-state index contributed by atoms with van der Waals surface area (Å²) in [5.74, 6) is -0.265. The molecule has 0 spiro atoms. The molecule has 0 aliphatic carbocycles. The molecular weight excluding hydrogens is 168 g/mol. The van der Waals surface area contributed by atoms with Crippen LogP contribution in [0.4, 0.5) is 0 Å². The third-order valence-electron chi connectivity index (χ3n) is 1.57. The van der Waals surface area contributed by atoms with Gasteiger partial charge in [0.15, 0.2) is 0 Å². The average molecular weight is 188 g/mol. The Morgan fingerprint density at radius 2 is 2.00 bits per heavy atom. The first kappa shape index (κ1) is 12.4. The first-order valence-electron chi connectivity index (χ1n) is 4.63. The monoisotopic (exact) mass is 188 g/mol. The van der Waals surface area contributed by atoms with Gasteiger partial charge in [0.1, 0.15) is 0 Å². The minimum atomic E-state index is -0.766. The Kier molecular flexibility index (Phi) is 4.99. The molecule has 0 radical (unpaired) electrons. The maximum absolute atomic E-state index is 10.5. The number of ether oxygens (including phenoxy) is 1. The van der Waals surface area contributed by atoms with Gasteiger partial charge in [0.25, 0.3) is 0 Å². The van der Waals surface area contributed by atoms with Gasteiger partial charge in [-0.25, -0.2) is 0 Å². The van der Waals surface area contributed by atoms with Gasteiger partial charge >= 0.3 is 5.97 Å². The molecule has 0 fully saturated rings. The molecule has 0 aromatic carbocycles. The van der Waals surface area contributed by atoms with E-state index in [4.69, 9.17) is 9.84 Å². The molecule has 0 heterocycles. The Labute approximate surface area is 80.1 Å². The zero-order chi connectivity index (χ0) is 10.5. The van der Waals surface area contributed by atoms with E-state index in [-0.39, 0.29) is 11.8 Å². The SMILES string of the molecule is CC(C)COCC(C)(C)CC(=O)O. The number of carboxylic acid groups (broad SMARTS) is 1. The van der Waals surface area contributed by atoms with Gasteiger partial charge in [-0.3, -0.25) is 4.79 Å². The van der Waals surface area contributed by atoms with Crippen LogP contribution in [0, 0.1) is 11.3 Å². The van der Waals surface area contributed by atoms with Crippen LogP contribution in [0.5, 0.6) is 0 Å². The molecule has 3 heteroatoms. The van der Waals surface area contributed by atoms with E-state index in [1.54, 1.807) is 0 Å². The van der Waals surface area contributed by atoms with Crippen LogP contribution in [0.1, 0.15) is 34.1 Å². The minimum absolute atomic E-state index is 0.158. The van der Waals surface area contributed by atoms with Crippen LogP contribution < -0.4 is 0 Å². The maximum atomic E-state index is 10.5. The van der Waals surface area contributed by atoms with Gasteiger partial charge in [-0.05, 0) is 11.3 Å². The molecule has 0 bridgehead atoms. The summed E-state index contributed by atoms with van der Waals surface area (Å²) in [7, 11) is 0. The molecule has 0 aromatic rings. The van der Waals surface area contributed by atoms with Gasteiger partial charge in [0, 0.05) is 6.61 Å². The number of carboxylic acids is 1. The summed E-state index contributed by atoms with van der Waals surface area (Å²) in [6.45, 7) is 9.16. The van der Waals surface area contributed by atoms with Crippen molar-refractivity contribution in [2.45, 2.75) is 34.1 Å². The molecule has 3 nitrogen and oxygen atoms in total. The first-order valence-corrected chi connectivity index (χ1v) is 4.63. The summed E-state index contributed by atoms with van der Waals surface area (Å²) >= 11 is 0. The zero-order valence-corrected chi connectivity index (χ0v) is 8.96. The fourth-order valence-electron chi connectivity index (χ4n) is 1.03. The van der Waals surface area contributed by atoms with E-state index in [0.29, 0.717) is 19.1 Å². The van der Waals surface area contributed by atoms with Gasteiger partial charge in [0.2, 0.25) is 0 Å². The molecule has 0 amide bonds. The lowest BCUT2D eigenvalue weighted by Crippen LogP contribution is -2.24. The van der Waals surface area contributed by atoms with Crippen molar-refractivity contribution in [2.75, 3.05) is 13.2 Å². The van der Waals surface area contributed by atoms with Gasteiger partial charge in [-0.1, -0.05) is 27.7 Å². The Bertz CT molecular complexity index is 162. The number of carbonyl (C=O) groups is 1. The predicted octanol–water partition coefficient (Wildman–Crippen LogP) is 2.16. The number of aliphatic carboxylic acids is 1. The lowest BCUT2D eigenvalue weighted by molar-refractivity contribution is -0.140. The highest BCUT2D eigenvalue weighted by atomic mass is 16.5. The largest absolute Gasteiger partial charge is 0.481 e. The molecule has 0 atom stereocenters. The second kappa shape index (κ2) is 5.22. The average Bonchev–Trinajstić information content (AvgIpc) is 1.81. The molecule has 1 N–H and O–H groups in total. The summed E-state index contributed by atoms with van der Waals surface area (Å²) in [4.78, 5) is 10.5. The maximum Gasteiger partial charge on any atom is 0.303 e. The van der Waals surface area contributed by atoms with Gasteiger partial charge in [0.05, 0.1) is 13.0 Å². The zero-order valence-electron chi connectivity index (χ0n) is 8.96. The van der Waals surface area contributed by atoms with Gasteiger partial charge < -0.3 is 9.84 Å². The fraction of sp³-hybridized carbons (Fsp3) is 0.900. The molecule has 0 aliphatic rings. The Balaban J connectivity index is 3.69.